The van der Waals surface area contributed by atoms with Crippen LogP contribution in [0.3, 0.4) is 0 Å². The molecule has 5 heteroatoms. The molecule has 1 rings (SSSR count). The van der Waals surface area contributed by atoms with Gasteiger partial charge in [-0.25, -0.2) is 4.79 Å². The van der Waals surface area contributed by atoms with E-state index in [-0.39, 0.29) is 0 Å². The molecule has 1 aromatic heterocycles. The fourth-order valence-corrected chi connectivity index (χ4v) is 1.49. The van der Waals surface area contributed by atoms with E-state index in [0.29, 0.717) is 9.75 Å². The Bertz CT molecular complexity index is 367. The molecular weight excluding hydrogens is 190 g/mol. The van der Waals surface area contributed by atoms with Crippen LogP contribution in [0.15, 0.2) is 18.2 Å². The Balaban J connectivity index is 2.80. The predicted molar refractivity (Wildman–Crippen MR) is 49.5 cm³/mol. The summed E-state index contributed by atoms with van der Waals surface area (Å²) in [7, 11) is 0. The molecule has 0 unspecified atom stereocenters. The van der Waals surface area contributed by atoms with Gasteiger partial charge in [0, 0.05) is 11.0 Å². The Morgan fingerprint density at radius 2 is 2.15 bits per heavy atom. The standard InChI is InChI=1S/C8H7NO3S/c9-8(12)6-3-1-5(13-6)2-4-7(10)11/h1-4H,(H2,9,12)(H,10,11). The van der Waals surface area contributed by atoms with E-state index in [9.17, 15) is 9.59 Å². The average Bonchev–Trinajstić information content (AvgIpc) is 2.48. The molecular formula is C8H7NO3S. The lowest BCUT2D eigenvalue weighted by Crippen LogP contribution is -2.07. The van der Waals surface area contributed by atoms with Gasteiger partial charge in [-0.3, -0.25) is 4.79 Å². The second-order valence-electron chi connectivity index (χ2n) is 2.24. The number of carboxylic acids is 1. The molecule has 0 saturated carbocycles. The molecule has 3 N–H and O–H groups in total. The first-order valence-electron chi connectivity index (χ1n) is 3.40. The normalized spacial score (nSPS) is 10.5. The molecule has 13 heavy (non-hydrogen) atoms. The number of rotatable bonds is 3. The summed E-state index contributed by atoms with van der Waals surface area (Å²) in [6.07, 6.45) is 2.43. The molecule has 0 aromatic carbocycles. The highest BCUT2D eigenvalue weighted by Gasteiger charge is 2.02. The fraction of sp³-hybridized carbons (Fsp3) is 0. The van der Waals surface area contributed by atoms with Gasteiger partial charge in [0.2, 0.25) is 0 Å². The van der Waals surface area contributed by atoms with Gasteiger partial charge in [0.25, 0.3) is 5.91 Å². The molecule has 0 aliphatic heterocycles. The van der Waals surface area contributed by atoms with Crippen LogP contribution < -0.4 is 5.73 Å². The molecule has 0 spiro atoms. The average molecular weight is 197 g/mol. The Kier molecular flexibility index (Phi) is 2.81. The Morgan fingerprint density at radius 1 is 1.46 bits per heavy atom. The van der Waals surface area contributed by atoms with Crippen LogP contribution >= 0.6 is 11.3 Å². The van der Waals surface area contributed by atoms with E-state index in [0.717, 1.165) is 17.4 Å². The van der Waals surface area contributed by atoms with Crippen molar-refractivity contribution in [1.29, 1.82) is 0 Å². The van der Waals surface area contributed by atoms with Crippen LogP contribution in [-0.4, -0.2) is 17.0 Å². The zero-order chi connectivity index (χ0) is 9.84. The molecule has 0 fully saturated rings. The zero-order valence-corrected chi connectivity index (χ0v) is 7.38. The first-order chi connectivity index (χ1) is 6.09. The molecule has 0 saturated heterocycles. The summed E-state index contributed by atoms with van der Waals surface area (Å²) < 4.78 is 0. The SMILES string of the molecule is NC(=O)c1ccc(C=CC(=O)O)s1. The first-order valence-corrected chi connectivity index (χ1v) is 4.22. The van der Waals surface area contributed by atoms with Crippen molar-refractivity contribution in [2.45, 2.75) is 0 Å². The van der Waals surface area contributed by atoms with E-state index in [1.807, 2.05) is 0 Å². The van der Waals surface area contributed by atoms with Gasteiger partial charge in [0.15, 0.2) is 0 Å². The molecule has 4 nitrogen and oxygen atoms in total. The minimum Gasteiger partial charge on any atom is -0.478 e. The molecule has 0 aliphatic carbocycles. The number of hydrogen-bond donors (Lipinski definition) is 2. The summed E-state index contributed by atoms with van der Waals surface area (Å²) in [6, 6.07) is 3.21. The third kappa shape index (κ3) is 2.72. The Morgan fingerprint density at radius 3 is 2.62 bits per heavy atom. The highest BCUT2D eigenvalue weighted by molar-refractivity contribution is 7.14. The summed E-state index contributed by atoms with van der Waals surface area (Å²) in [5.74, 6) is -1.52. The van der Waals surface area contributed by atoms with E-state index in [2.05, 4.69) is 0 Å². The maximum Gasteiger partial charge on any atom is 0.328 e. The molecule has 1 amide bonds. The van der Waals surface area contributed by atoms with E-state index in [4.69, 9.17) is 10.8 Å². The van der Waals surface area contributed by atoms with Crippen LogP contribution in [0.5, 0.6) is 0 Å². The smallest absolute Gasteiger partial charge is 0.328 e. The van der Waals surface area contributed by atoms with Crippen molar-refractivity contribution < 1.29 is 14.7 Å². The summed E-state index contributed by atoms with van der Waals surface area (Å²) >= 11 is 1.16. The number of amides is 1. The summed E-state index contributed by atoms with van der Waals surface area (Å²) in [6.45, 7) is 0. The van der Waals surface area contributed by atoms with Crippen LogP contribution in [0.25, 0.3) is 6.08 Å². The Hall–Kier alpha value is -1.62. The molecule has 1 aromatic rings. The molecule has 0 atom stereocenters. The first kappa shape index (κ1) is 9.47. The van der Waals surface area contributed by atoms with Gasteiger partial charge in [-0.05, 0) is 18.2 Å². The van der Waals surface area contributed by atoms with E-state index in [1.54, 1.807) is 12.1 Å². The van der Waals surface area contributed by atoms with Crippen molar-refractivity contribution in [3.63, 3.8) is 0 Å². The van der Waals surface area contributed by atoms with Crippen molar-refractivity contribution in [3.8, 4) is 0 Å². The van der Waals surface area contributed by atoms with E-state index in [1.165, 1.54) is 6.08 Å². The maximum absolute atomic E-state index is 10.6. The molecule has 0 bridgehead atoms. The lowest BCUT2D eigenvalue weighted by molar-refractivity contribution is -0.131. The van der Waals surface area contributed by atoms with Gasteiger partial charge in [-0.2, -0.15) is 0 Å². The lowest BCUT2D eigenvalue weighted by Gasteiger charge is -1.83. The van der Waals surface area contributed by atoms with Crippen LogP contribution in [0, 0.1) is 0 Å². The third-order valence-electron chi connectivity index (χ3n) is 1.26. The summed E-state index contributed by atoms with van der Waals surface area (Å²) in [5.41, 5.74) is 5.01. The van der Waals surface area contributed by atoms with Crippen LogP contribution in [-0.2, 0) is 4.79 Å². The monoisotopic (exact) mass is 197 g/mol. The van der Waals surface area contributed by atoms with Gasteiger partial charge in [0.05, 0.1) is 4.88 Å². The van der Waals surface area contributed by atoms with Gasteiger partial charge in [0.1, 0.15) is 0 Å². The van der Waals surface area contributed by atoms with Crippen LogP contribution in [0.2, 0.25) is 0 Å². The highest BCUT2D eigenvalue weighted by atomic mass is 32.1. The van der Waals surface area contributed by atoms with Crippen LogP contribution in [0.4, 0.5) is 0 Å². The highest BCUT2D eigenvalue weighted by Crippen LogP contribution is 2.16. The zero-order valence-electron chi connectivity index (χ0n) is 6.56. The maximum atomic E-state index is 10.6. The number of hydrogen-bond acceptors (Lipinski definition) is 3. The van der Waals surface area contributed by atoms with Crippen molar-refractivity contribution in [2.75, 3.05) is 0 Å². The quantitative estimate of drug-likeness (QED) is 0.708. The van der Waals surface area contributed by atoms with Gasteiger partial charge >= 0.3 is 5.97 Å². The summed E-state index contributed by atoms with van der Waals surface area (Å²) in [5, 5.41) is 8.32. The van der Waals surface area contributed by atoms with Gasteiger partial charge in [-0.1, -0.05) is 0 Å². The molecule has 0 radical (unpaired) electrons. The van der Waals surface area contributed by atoms with Crippen molar-refractivity contribution in [1.82, 2.24) is 0 Å². The summed E-state index contributed by atoms with van der Waals surface area (Å²) in [4.78, 5) is 21.9. The van der Waals surface area contributed by atoms with E-state index >= 15 is 0 Å². The largest absolute Gasteiger partial charge is 0.478 e. The predicted octanol–water partition coefficient (Wildman–Crippen LogP) is 0.945. The van der Waals surface area contributed by atoms with Crippen molar-refractivity contribution >= 4 is 29.3 Å². The van der Waals surface area contributed by atoms with Gasteiger partial charge in [-0.15, -0.1) is 11.3 Å². The number of carboxylic acid groups (broad SMARTS) is 1. The number of nitrogens with two attached hydrogens (primary N) is 1. The second-order valence-corrected chi connectivity index (χ2v) is 3.35. The topological polar surface area (TPSA) is 80.4 Å². The molecule has 0 aliphatic rings. The van der Waals surface area contributed by atoms with E-state index < -0.39 is 11.9 Å². The Labute approximate surface area is 78.3 Å². The number of thiophene rings is 1. The van der Waals surface area contributed by atoms with Crippen molar-refractivity contribution in [3.05, 3.63) is 28.0 Å². The van der Waals surface area contributed by atoms with Gasteiger partial charge < -0.3 is 10.8 Å². The minimum atomic E-state index is -1.02. The minimum absolute atomic E-state index is 0.421. The number of carbonyl (C=O) groups excluding carboxylic acids is 1. The number of carbonyl (C=O) groups is 2. The molecule has 68 valence electrons. The van der Waals surface area contributed by atoms with Crippen LogP contribution in [0.1, 0.15) is 14.5 Å². The fourth-order valence-electron chi connectivity index (χ4n) is 0.728. The number of aliphatic carboxylic acids is 1. The van der Waals surface area contributed by atoms with Crippen molar-refractivity contribution in [2.24, 2.45) is 5.73 Å². The third-order valence-corrected chi connectivity index (χ3v) is 2.32. The molecule has 1 heterocycles. The number of primary amides is 1. The lowest BCUT2D eigenvalue weighted by atomic mass is 10.4. The second kappa shape index (κ2) is 3.86.